The molecule has 0 spiro atoms. The van der Waals surface area contributed by atoms with E-state index in [9.17, 15) is 22.7 Å². The lowest BCUT2D eigenvalue weighted by Crippen LogP contribution is -2.15. The van der Waals surface area contributed by atoms with Crippen LogP contribution in [0.25, 0.3) is 0 Å². The molecule has 0 unspecified atom stereocenters. The van der Waals surface area contributed by atoms with E-state index < -0.39 is 26.6 Å². The number of rotatable bonds is 3. The first-order chi connectivity index (χ1) is 9.77. The van der Waals surface area contributed by atoms with E-state index in [4.69, 9.17) is 5.14 Å². The molecule has 4 N–H and O–H groups in total. The highest BCUT2D eigenvalue weighted by molar-refractivity contribution is 7.89. The highest BCUT2D eigenvalue weighted by Gasteiger charge is 2.14. The Kier molecular flexibility index (Phi) is 3.92. The molecule has 6 nitrogen and oxygen atoms in total. The van der Waals surface area contributed by atoms with Crippen molar-refractivity contribution in [3.05, 3.63) is 53.8 Å². The number of para-hydroxylation sites is 1. The number of hydrogen-bond donors (Lipinski definition) is 3. The lowest BCUT2D eigenvalue weighted by atomic mass is 10.2. The molecule has 0 radical (unpaired) electrons. The zero-order chi connectivity index (χ0) is 15.6. The third-order valence-electron chi connectivity index (χ3n) is 2.61. The number of carbonyl (C=O) groups is 1. The quantitative estimate of drug-likeness (QED) is 0.796. The highest BCUT2D eigenvalue weighted by atomic mass is 32.2. The van der Waals surface area contributed by atoms with Crippen molar-refractivity contribution in [2.24, 2.45) is 5.14 Å². The van der Waals surface area contributed by atoms with Crippen LogP contribution in [-0.2, 0) is 10.0 Å². The number of benzene rings is 2. The number of phenolic OH excluding ortho intramolecular Hbond substituents is 1. The molecule has 2 aromatic carbocycles. The van der Waals surface area contributed by atoms with Gasteiger partial charge in [0.15, 0.2) is 0 Å². The summed E-state index contributed by atoms with van der Waals surface area (Å²) in [6.45, 7) is 0. The fourth-order valence-electron chi connectivity index (χ4n) is 1.66. The predicted molar refractivity (Wildman–Crippen MR) is 73.8 cm³/mol. The van der Waals surface area contributed by atoms with Crippen molar-refractivity contribution in [1.82, 2.24) is 0 Å². The van der Waals surface area contributed by atoms with Gasteiger partial charge < -0.3 is 10.4 Å². The molecule has 0 saturated heterocycles. The van der Waals surface area contributed by atoms with E-state index in [0.29, 0.717) is 0 Å². The van der Waals surface area contributed by atoms with Gasteiger partial charge in [0.1, 0.15) is 11.6 Å². The van der Waals surface area contributed by atoms with Crippen molar-refractivity contribution in [3.8, 4) is 5.75 Å². The van der Waals surface area contributed by atoms with Crippen LogP contribution in [0, 0.1) is 5.82 Å². The average molecular weight is 310 g/mol. The predicted octanol–water partition coefficient (Wildman–Crippen LogP) is 1.43. The van der Waals surface area contributed by atoms with E-state index >= 15 is 0 Å². The molecule has 0 saturated carbocycles. The first kappa shape index (κ1) is 14.9. The Hall–Kier alpha value is -2.45. The van der Waals surface area contributed by atoms with E-state index in [1.54, 1.807) is 0 Å². The normalized spacial score (nSPS) is 11.1. The van der Waals surface area contributed by atoms with Crippen LogP contribution in [0.1, 0.15) is 10.4 Å². The standard InChI is InChI=1S/C13H11FN2O4S/c14-8-5-9(7-10(6-8)21(15,19)20)16-13(18)11-3-1-2-4-12(11)17/h1-7,17H,(H,16,18)(H2,15,19,20). The first-order valence-electron chi connectivity index (χ1n) is 5.70. The number of nitrogens with two attached hydrogens (primary N) is 1. The molecule has 0 fully saturated rings. The number of primary sulfonamides is 1. The smallest absolute Gasteiger partial charge is 0.259 e. The second-order valence-corrected chi connectivity index (χ2v) is 5.75. The van der Waals surface area contributed by atoms with Crippen LogP contribution in [-0.4, -0.2) is 19.4 Å². The summed E-state index contributed by atoms with van der Waals surface area (Å²) in [5.74, 6) is -1.83. The Morgan fingerprint density at radius 2 is 1.86 bits per heavy atom. The molecule has 0 atom stereocenters. The van der Waals surface area contributed by atoms with Gasteiger partial charge in [-0.3, -0.25) is 4.79 Å². The number of phenols is 1. The molecular formula is C13H11FN2O4S. The molecule has 8 heteroatoms. The van der Waals surface area contributed by atoms with Crippen LogP contribution in [0.2, 0.25) is 0 Å². The van der Waals surface area contributed by atoms with Crippen molar-refractivity contribution in [2.75, 3.05) is 5.32 Å². The van der Waals surface area contributed by atoms with E-state index in [0.717, 1.165) is 18.2 Å². The first-order valence-corrected chi connectivity index (χ1v) is 7.25. The third kappa shape index (κ3) is 3.56. The minimum absolute atomic E-state index is 0.0288. The zero-order valence-electron chi connectivity index (χ0n) is 10.6. The summed E-state index contributed by atoms with van der Waals surface area (Å²) in [5.41, 5.74) is -0.119. The molecule has 1 amide bonds. The Morgan fingerprint density at radius 1 is 1.19 bits per heavy atom. The van der Waals surface area contributed by atoms with Crippen molar-refractivity contribution in [3.63, 3.8) is 0 Å². The molecule has 0 aromatic heterocycles. The molecule has 2 rings (SSSR count). The second-order valence-electron chi connectivity index (χ2n) is 4.19. The van der Waals surface area contributed by atoms with Gasteiger partial charge in [0, 0.05) is 5.69 Å². The zero-order valence-corrected chi connectivity index (χ0v) is 11.4. The largest absolute Gasteiger partial charge is 0.507 e. The Morgan fingerprint density at radius 3 is 2.48 bits per heavy atom. The number of halogens is 1. The molecule has 110 valence electrons. The minimum Gasteiger partial charge on any atom is -0.507 e. The molecule has 2 aromatic rings. The van der Waals surface area contributed by atoms with Gasteiger partial charge in [-0.05, 0) is 30.3 Å². The molecule has 21 heavy (non-hydrogen) atoms. The maximum absolute atomic E-state index is 13.4. The number of anilines is 1. The van der Waals surface area contributed by atoms with Crippen LogP contribution in [0.15, 0.2) is 47.4 Å². The molecule has 0 bridgehead atoms. The Bertz CT molecular complexity index is 806. The molecular weight excluding hydrogens is 299 g/mol. The van der Waals surface area contributed by atoms with Crippen LogP contribution in [0.3, 0.4) is 0 Å². The number of sulfonamides is 1. The number of amides is 1. The Labute approximate surface area is 120 Å². The molecule has 0 aliphatic carbocycles. The van der Waals surface area contributed by atoms with E-state index in [1.165, 1.54) is 24.3 Å². The number of carbonyl (C=O) groups excluding carboxylic acids is 1. The monoisotopic (exact) mass is 310 g/mol. The van der Waals surface area contributed by atoms with Gasteiger partial charge in [-0.1, -0.05) is 12.1 Å². The summed E-state index contributed by atoms with van der Waals surface area (Å²) in [6, 6.07) is 8.46. The maximum atomic E-state index is 13.4. The SMILES string of the molecule is NS(=O)(=O)c1cc(F)cc(NC(=O)c2ccccc2O)c1. The summed E-state index contributed by atoms with van der Waals surface area (Å²) < 4.78 is 35.8. The van der Waals surface area contributed by atoms with Crippen LogP contribution < -0.4 is 10.5 Å². The summed E-state index contributed by atoms with van der Waals surface area (Å²) in [5, 5.41) is 16.8. The van der Waals surface area contributed by atoms with E-state index in [1.807, 2.05) is 0 Å². The topological polar surface area (TPSA) is 109 Å². The Balaban J connectivity index is 2.34. The maximum Gasteiger partial charge on any atom is 0.259 e. The van der Waals surface area contributed by atoms with Crippen molar-refractivity contribution >= 4 is 21.6 Å². The van der Waals surface area contributed by atoms with E-state index in [-0.39, 0.29) is 17.0 Å². The second kappa shape index (κ2) is 5.51. The van der Waals surface area contributed by atoms with Gasteiger partial charge in [0.05, 0.1) is 10.5 Å². The summed E-state index contributed by atoms with van der Waals surface area (Å²) in [7, 11) is -4.10. The van der Waals surface area contributed by atoms with E-state index in [2.05, 4.69) is 5.32 Å². The fraction of sp³-hybridized carbons (Fsp3) is 0. The lowest BCUT2D eigenvalue weighted by Gasteiger charge is -2.08. The number of aromatic hydroxyl groups is 1. The van der Waals surface area contributed by atoms with Crippen molar-refractivity contribution < 1.29 is 22.7 Å². The third-order valence-corrected chi connectivity index (χ3v) is 3.50. The van der Waals surface area contributed by atoms with Gasteiger partial charge >= 0.3 is 0 Å². The molecule has 0 heterocycles. The fourth-order valence-corrected chi connectivity index (χ4v) is 2.23. The van der Waals surface area contributed by atoms with Crippen LogP contribution >= 0.6 is 0 Å². The highest BCUT2D eigenvalue weighted by Crippen LogP contribution is 2.20. The van der Waals surface area contributed by atoms with Gasteiger partial charge in [-0.25, -0.2) is 17.9 Å². The summed E-state index contributed by atoms with van der Waals surface area (Å²) in [6.07, 6.45) is 0. The van der Waals surface area contributed by atoms with Crippen LogP contribution in [0.4, 0.5) is 10.1 Å². The molecule has 0 aliphatic heterocycles. The average Bonchev–Trinajstić information content (AvgIpc) is 2.37. The van der Waals surface area contributed by atoms with Crippen molar-refractivity contribution in [1.29, 1.82) is 0 Å². The van der Waals surface area contributed by atoms with Gasteiger partial charge in [0.25, 0.3) is 5.91 Å². The van der Waals surface area contributed by atoms with Gasteiger partial charge in [0.2, 0.25) is 10.0 Å². The van der Waals surface area contributed by atoms with Crippen LogP contribution in [0.5, 0.6) is 5.75 Å². The lowest BCUT2D eigenvalue weighted by molar-refractivity contribution is 0.102. The summed E-state index contributed by atoms with van der Waals surface area (Å²) in [4.78, 5) is 11.5. The summed E-state index contributed by atoms with van der Waals surface area (Å²) >= 11 is 0. The molecule has 0 aliphatic rings. The van der Waals surface area contributed by atoms with Crippen molar-refractivity contribution in [2.45, 2.75) is 4.90 Å². The number of nitrogens with one attached hydrogen (secondary N) is 1. The number of hydrogen-bond acceptors (Lipinski definition) is 4. The van der Waals surface area contributed by atoms with Gasteiger partial charge in [-0.2, -0.15) is 0 Å². The minimum atomic E-state index is -4.10. The van der Waals surface area contributed by atoms with Gasteiger partial charge in [-0.15, -0.1) is 0 Å².